The van der Waals surface area contributed by atoms with Gasteiger partial charge in [0.2, 0.25) is 0 Å². The zero-order valence-electron chi connectivity index (χ0n) is 17.5. The van der Waals surface area contributed by atoms with Gasteiger partial charge in [-0.15, -0.1) is 0 Å². The summed E-state index contributed by atoms with van der Waals surface area (Å²) in [4.78, 5) is 9.49. The molecule has 0 unspecified atom stereocenters. The molecule has 0 amide bonds. The quantitative estimate of drug-likeness (QED) is 0.325. The Morgan fingerprint density at radius 3 is 2.39 bits per heavy atom. The Bertz CT molecular complexity index is 1180. The first-order valence-electron chi connectivity index (χ1n) is 9.89. The van der Waals surface area contributed by atoms with E-state index >= 15 is 0 Å². The molecule has 158 valence electrons. The largest absolute Gasteiger partial charge is 0.493 e. The smallest absolute Gasteiger partial charge is 0.162 e. The topological polar surface area (TPSA) is 91.5 Å². The molecule has 0 aliphatic rings. The molecule has 3 N–H and O–H groups in total. The summed E-state index contributed by atoms with van der Waals surface area (Å²) in [7, 11) is 3.20. The first-order valence-corrected chi connectivity index (χ1v) is 9.89. The Hall–Kier alpha value is -4.00. The predicted molar refractivity (Wildman–Crippen MR) is 123 cm³/mol. The van der Waals surface area contributed by atoms with Crippen LogP contribution in [0.2, 0.25) is 0 Å². The number of hydrogen-bond donors (Lipinski definition) is 2. The third-order valence-electron chi connectivity index (χ3n) is 4.75. The van der Waals surface area contributed by atoms with Crippen LogP contribution in [0, 0.1) is 0 Å². The van der Waals surface area contributed by atoms with Crippen molar-refractivity contribution in [3.05, 3.63) is 66.7 Å². The number of methoxy groups -OCH3 is 2. The van der Waals surface area contributed by atoms with Gasteiger partial charge in [-0.3, -0.25) is 0 Å². The van der Waals surface area contributed by atoms with Gasteiger partial charge >= 0.3 is 0 Å². The summed E-state index contributed by atoms with van der Waals surface area (Å²) >= 11 is 0. The number of para-hydroxylation sites is 1. The maximum absolute atomic E-state index is 5.96. The highest BCUT2D eigenvalue weighted by molar-refractivity contribution is 5.93. The van der Waals surface area contributed by atoms with E-state index in [-0.39, 0.29) is 0 Å². The molecule has 0 spiro atoms. The minimum Gasteiger partial charge on any atom is -0.493 e. The number of benzene rings is 3. The van der Waals surface area contributed by atoms with E-state index in [0.717, 1.165) is 22.2 Å². The number of nitrogens with zero attached hydrogens (tertiary/aromatic N) is 2. The van der Waals surface area contributed by atoms with E-state index in [9.17, 15) is 0 Å². The molecular formula is C24H24N4O3. The molecule has 0 aliphatic carbocycles. The normalized spacial score (nSPS) is 10.6. The molecule has 4 aromatic rings. The summed E-state index contributed by atoms with van der Waals surface area (Å²) in [5.74, 6) is 3.28. The Labute approximate surface area is 180 Å². The van der Waals surface area contributed by atoms with Crippen LogP contribution in [0.15, 0.2) is 66.7 Å². The van der Waals surface area contributed by atoms with E-state index < -0.39 is 0 Å². The van der Waals surface area contributed by atoms with Crippen LogP contribution < -0.4 is 25.3 Å². The summed E-state index contributed by atoms with van der Waals surface area (Å²) in [6.07, 6.45) is 0. The van der Waals surface area contributed by atoms with Crippen molar-refractivity contribution in [3.63, 3.8) is 0 Å². The lowest BCUT2D eigenvalue weighted by atomic mass is 10.1. The number of nitrogen functional groups attached to an aromatic ring is 1. The number of nitrogens with one attached hydrogen (secondary N) is 1. The van der Waals surface area contributed by atoms with Gasteiger partial charge in [0, 0.05) is 22.7 Å². The number of hydrogen-bond acceptors (Lipinski definition) is 7. The molecule has 3 aromatic carbocycles. The van der Waals surface area contributed by atoms with Gasteiger partial charge in [0.25, 0.3) is 0 Å². The molecule has 0 bridgehead atoms. The van der Waals surface area contributed by atoms with Crippen LogP contribution in [-0.4, -0.2) is 37.3 Å². The highest BCUT2D eigenvalue weighted by Crippen LogP contribution is 2.35. The summed E-state index contributed by atoms with van der Waals surface area (Å²) in [6.45, 7) is 1.04. The lowest BCUT2D eigenvalue weighted by Crippen LogP contribution is -2.13. The predicted octanol–water partition coefficient (Wildman–Crippen LogP) is 4.39. The minimum absolute atomic E-state index is 0.483. The first kappa shape index (κ1) is 20.3. The fourth-order valence-electron chi connectivity index (χ4n) is 3.25. The molecule has 0 fully saturated rings. The Morgan fingerprint density at radius 2 is 1.65 bits per heavy atom. The van der Waals surface area contributed by atoms with Crippen molar-refractivity contribution in [2.75, 3.05) is 38.4 Å². The summed E-state index contributed by atoms with van der Waals surface area (Å²) in [5.41, 5.74) is 8.18. The van der Waals surface area contributed by atoms with Gasteiger partial charge in [0.05, 0.1) is 26.3 Å². The minimum atomic E-state index is 0.483. The fourth-order valence-corrected chi connectivity index (χ4v) is 3.25. The van der Waals surface area contributed by atoms with E-state index in [1.807, 2.05) is 66.7 Å². The third-order valence-corrected chi connectivity index (χ3v) is 4.75. The van der Waals surface area contributed by atoms with Gasteiger partial charge in [-0.2, -0.15) is 0 Å². The van der Waals surface area contributed by atoms with Crippen molar-refractivity contribution in [1.29, 1.82) is 0 Å². The number of anilines is 2. The lowest BCUT2D eigenvalue weighted by Gasteiger charge is -2.14. The van der Waals surface area contributed by atoms with Gasteiger partial charge in [0.1, 0.15) is 18.2 Å². The van der Waals surface area contributed by atoms with Crippen molar-refractivity contribution in [2.24, 2.45) is 0 Å². The number of fused-ring (bicyclic) bond motifs is 1. The second kappa shape index (κ2) is 9.21. The van der Waals surface area contributed by atoms with E-state index in [0.29, 0.717) is 42.0 Å². The van der Waals surface area contributed by atoms with Gasteiger partial charge in [0.15, 0.2) is 17.3 Å². The average molecular weight is 416 g/mol. The highest BCUT2D eigenvalue weighted by atomic mass is 16.5. The Morgan fingerprint density at radius 1 is 0.871 bits per heavy atom. The van der Waals surface area contributed by atoms with Crippen LogP contribution in [0.5, 0.6) is 17.2 Å². The lowest BCUT2D eigenvalue weighted by molar-refractivity contribution is 0.333. The fraction of sp³-hybridized carbons (Fsp3) is 0.167. The van der Waals surface area contributed by atoms with Crippen molar-refractivity contribution < 1.29 is 14.2 Å². The maximum atomic E-state index is 5.96. The molecule has 31 heavy (non-hydrogen) atoms. The summed E-state index contributed by atoms with van der Waals surface area (Å²) in [5, 5.41) is 4.19. The van der Waals surface area contributed by atoms with E-state index in [2.05, 4.69) is 5.32 Å². The van der Waals surface area contributed by atoms with E-state index in [1.54, 1.807) is 14.2 Å². The molecular weight excluding hydrogens is 392 g/mol. The SMILES string of the molecule is COc1cc2nc(-c3cccc(N)c3)nc(NCCOc3ccccc3)c2cc1OC. The molecule has 0 atom stereocenters. The molecule has 1 heterocycles. The molecule has 0 radical (unpaired) electrons. The van der Waals surface area contributed by atoms with Crippen LogP contribution in [0.3, 0.4) is 0 Å². The first-order chi connectivity index (χ1) is 15.2. The van der Waals surface area contributed by atoms with Crippen LogP contribution in [0.25, 0.3) is 22.3 Å². The van der Waals surface area contributed by atoms with Crippen LogP contribution >= 0.6 is 0 Å². The number of ether oxygens (including phenoxy) is 3. The van der Waals surface area contributed by atoms with Gasteiger partial charge in [-0.25, -0.2) is 9.97 Å². The van der Waals surface area contributed by atoms with Crippen molar-refractivity contribution in [3.8, 4) is 28.6 Å². The van der Waals surface area contributed by atoms with E-state index in [4.69, 9.17) is 29.9 Å². The molecule has 7 nitrogen and oxygen atoms in total. The molecule has 0 saturated heterocycles. The second-order valence-electron chi connectivity index (χ2n) is 6.83. The van der Waals surface area contributed by atoms with Crippen molar-refractivity contribution >= 4 is 22.4 Å². The monoisotopic (exact) mass is 416 g/mol. The third kappa shape index (κ3) is 4.61. The highest BCUT2D eigenvalue weighted by Gasteiger charge is 2.14. The van der Waals surface area contributed by atoms with Crippen LogP contribution in [0.4, 0.5) is 11.5 Å². The zero-order valence-corrected chi connectivity index (χ0v) is 17.5. The number of rotatable bonds is 8. The Balaban J connectivity index is 1.68. The molecule has 7 heteroatoms. The van der Waals surface area contributed by atoms with Crippen LogP contribution in [-0.2, 0) is 0 Å². The molecule has 4 rings (SSSR count). The van der Waals surface area contributed by atoms with Crippen LogP contribution in [0.1, 0.15) is 0 Å². The van der Waals surface area contributed by atoms with Gasteiger partial charge < -0.3 is 25.3 Å². The zero-order chi connectivity index (χ0) is 21.6. The number of aromatic nitrogens is 2. The molecule has 0 saturated carbocycles. The summed E-state index contributed by atoms with van der Waals surface area (Å²) in [6, 6.07) is 20.9. The average Bonchev–Trinajstić information content (AvgIpc) is 2.81. The molecule has 1 aromatic heterocycles. The summed E-state index contributed by atoms with van der Waals surface area (Å²) < 4.78 is 16.7. The van der Waals surface area contributed by atoms with Gasteiger partial charge in [-0.1, -0.05) is 30.3 Å². The Kier molecular flexibility index (Phi) is 6.03. The van der Waals surface area contributed by atoms with Crippen molar-refractivity contribution in [1.82, 2.24) is 9.97 Å². The number of nitrogens with two attached hydrogens (primary N) is 1. The second-order valence-corrected chi connectivity index (χ2v) is 6.83. The van der Waals surface area contributed by atoms with Gasteiger partial charge in [-0.05, 0) is 30.3 Å². The van der Waals surface area contributed by atoms with E-state index in [1.165, 1.54) is 0 Å². The molecule has 0 aliphatic heterocycles. The van der Waals surface area contributed by atoms with Crippen molar-refractivity contribution in [2.45, 2.75) is 0 Å². The maximum Gasteiger partial charge on any atom is 0.162 e. The standard InChI is InChI=1S/C24H24N4O3/c1-29-21-14-19-20(15-22(21)30-2)27-23(16-7-6-8-17(25)13-16)28-24(19)26-11-12-31-18-9-4-3-5-10-18/h3-10,13-15H,11-12,25H2,1-2H3,(H,26,27,28).